The summed E-state index contributed by atoms with van der Waals surface area (Å²) in [5, 5.41) is 10.3. The first-order valence-corrected chi connectivity index (χ1v) is 6.91. The van der Waals surface area contributed by atoms with Gasteiger partial charge in [0.25, 0.3) is 0 Å². The molecule has 6 nitrogen and oxygen atoms in total. The van der Waals surface area contributed by atoms with E-state index in [1.165, 1.54) is 6.07 Å². The Bertz CT molecular complexity index is 594. The predicted octanol–water partition coefficient (Wildman–Crippen LogP) is 3.55. The van der Waals surface area contributed by atoms with Gasteiger partial charge in [0.05, 0.1) is 20.8 Å². The van der Waals surface area contributed by atoms with Crippen LogP contribution in [0.25, 0.3) is 0 Å². The molecule has 0 bridgehead atoms. The van der Waals surface area contributed by atoms with E-state index in [0.29, 0.717) is 15.8 Å². The Morgan fingerprint density at radius 1 is 0.900 bits per heavy atom. The summed E-state index contributed by atoms with van der Waals surface area (Å²) in [5.74, 6) is 0. The lowest BCUT2D eigenvalue weighted by atomic mass is 10.3. The Balaban J connectivity index is 0.000000204. The van der Waals surface area contributed by atoms with Gasteiger partial charge in [-0.1, -0.05) is 12.1 Å². The minimum atomic E-state index is -0.514. The largest absolute Gasteiger partial charge is 0.397 e. The molecule has 20 heavy (non-hydrogen) atoms. The number of rotatable bonds is 1. The van der Waals surface area contributed by atoms with Gasteiger partial charge in [-0.05, 0) is 56.1 Å². The van der Waals surface area contributed by atoms with Crippen LogP contribution in [0.4, 0.5) is 22.7 Å². The third-order valence-corrected chi connectivity index (χ3v) is 3.62. The van der Waals surface area contributed by atoms with E-state index in [0.717, 1.165) is 4.47 Å². The van der Waals surface area contributed by atoms with Gasteiger partial charge >= 0.3 is 5.69 Å². The van der Waals surface area contributed by atoms with Crippen LogP contribution in [0.5, 0.6) is 0 Å². The minimum absolute atomic E-state index is 0.0764. The normalized spacial score (nSPS) is 9.50. The summed E-state index contributed by atoms with van der Waals surface area (Å²) < 4.78 is 1.25. The molecule has 0 aliphatic rings. The molecular formula is C12H12Br2N4O2. The second-order valence-electron chi connectivity index (χ2n) is 3.68. The fourth-order valence-corrected chi connectivity index (χ4v) is 2.19. The summed E-state index contributed by atoms with van der Waals surface area (Å²) in [5.41, 5.74) is 17.6. The molecule has 0 aromatic heterocycles. The van der Waals surface area contributed by atoms with Crippen molar-refractivity contribution in [3.05, 3.63) is 55.5 Å². The maximum atomic E-state index is 10.3. The Kier molecular flexibility index (Phi) is 5.78. The van der Waals surface area contributed by atoms with Crippen molar-refractivity contribution >= 4 is 54.6 Å². The number of nitrogen functional groups attached to an aromatic ring is 3. The number of hydrogen-bond donors (Lipinski definition) is 3. The Morgan fingerprint density at radius 2 is 1.40 bits per heavy atom. The number of benzene rings is 2. The lowest BCUT2D eigenvalue weighted by Crippen LogP contribution is -1.95. The maximum absolute atomic E-state index is 10.3. The SMILES string of the molecule is Nc1cccc(Br)c1N.Nc1cccc(Br)c1[N+](=O)[O-]. The first-order valence-electron chi connectivity index (χ1n) is 5.32. The predicted molar refractivity (Wildman–Crippen MR) is 88.2 cm³/mol. The summed E-state index contributed by atoms with van der Waals surface area (Å²) >= 11 is 6.27. The Labute approximate surface area is 132 Å². The van der Waals surface area contributed by atoms with E-state index < -0.39 is 4.92 Å². The zero-order valence-electron chi connectivity index (χ0n) is 10.2. The molecule has 0 atom stereocenters. The number of halogens is 2. The van der Waals surface area contributed by atoms with E-state index in [-0.39, 0.29) is 11.4 Å². The van der Waals surface area contributed by atoms with Gasteiger partial charge in [0.2, 0.25) is 0 Å². The van der Waals surface area contributed by atoms with Gasteiger partial charge in [-0.15, -0.1) is 0 Å². The van der Waals surface area contributed by atoms with Crippen molar-refractivity contribution in [2.75, 3.05) is 17.2 Å². The molecule has 0 spiro atoms. The van der Waals surface area contributed by atoms with E-state index in [4.69, 9.17) is 17.2 Å². The molecule has 8 heteroatoms. The van der Waals surface area contributed by atoms with Crippen LogP contribution in [0, 0.1) is 10.1 Å². The fourth-order valence-electron chi connectivity index (χ4n) is 1.28. The maximum Gasteiger partial charge on any atom is 0.306 e. The zero-order valence-corrected chi connectivity index (χ0v) is 13.4. The molecule has 6 N–H and O–H groups in total. The number of nitrogens with two attached hydrogens (primary N) is 3. The molecule has 2 aromatic carbocycles. The molecule has 0 amide bonds. The summed E-state index contributed by atoms with van der Waals surface area (Å²) in [6.45, 7) is 0. The highest BCUT2D eigenvalue weighted by atomic mass is 79.9. The molecule has 0 heterocycles. The molecule has 0 aliphatic heterocycles. The zero-order chi connectivity index (χ0) is 15.3. The lowest BCUT2D eigenvalue weighted by molar-refractivity contribution is -0.384. The van der Waals surface area contributed by atoms with E-state index in [9.17, 15) is 10.1 Å². The monoisotopic (exact) mass is 402 g/mol. The van der Waals surface area contributed by atoms with Crippen LogP contribution in [0.15, 0.2) is 45.3 Å². The third-order valence-electron chi connectivity index (χ3n) is 2.29. The molecule has 0 saturated heterocycles. The summed E-state index contributed by atoms with van der Waals surface area (Å²) in [6.07, 6.45) is 0. The number of hydrogen-bond acceptors (Lipinski definition) is 5. The second-order valence-corrected chi connectivity index (χ2v) is 5.39. The molecule has 0 unspecified atom stereocenters. The standard InChI is InChI=1S/C6H5BrN2O2.C6H7BrN2/c7-4-2-1-3-5(8)6(4)9(10)11;7-4-2-1-3-5(8)6(4)9/h1-3H,8H2;1-3H,8-9H2. The highest BCUT2D eigenvalue weighted by molar-refractivity contribution is 9.11. The van der Waals surface area contributed by atoms with Crippen LogP contribution in [-0.4, -0.2) is 4.92 Å². The number of nitrogens with zero attached hydrogens (tertiary/aromatic N) is 1. The van der Waals surface area contributed by atoms with E-state index in [2.05, 4.69) is 31.9 Å². The van der Waals surface area contributed by atoms with Gasteiger partial charge in [-0.3, -0.25) is 10.1 Å². The van der Waals surface area contributed by atoms with Gasteiger partial charge in [0.1, 0.15) is 5.69 Å². The summed E-state index contributed by atoms with van der Waals surface area (Å²) in [7, 11) is 0. The first kappa shape index (κ1) is 16.3. The molecular weight excluding hydrogens is 392 g/mol. The number of nitro groups is 1. The quantitative estimate of drug-likeness (QED) is 0.381. The van der Waals surface area contributed by atoms with Crippen LogP contribution in [-0.2, 0) is 0 Å². The van der Waals surface area contributed by atoms with Crippen LogP contribution >= 0.6 is 31.9 Å². The molecule has 0 radical (unpaired) electrons. The number of para-hydroxylation sites is 2. The van der Waals surface area contributed by atoms with Gasteiger partial charge < -0.3 is 17.2 Å². The second kappa shape index (κ2) is 7.11. The van der Waals surface area contributed by atoms with Crippen molar-refractivity contribution in [2.45, 2.75) is 0 Å². The molecule has 0 saturated carbocycles. The average molecular weight is 404 g/mol. The van der Waals surface area contributed by atoms with Gasteiger partial charge in [-0.25, -0.2) is 0 Å². The minimum Gasteiger partial charge on any atom is -0.397 e. The Morgan fingerprint density at radius 3 is 1.75 bits per heavy atom. The highest BCUT2D eigenvalue weighted by Gasteiger charge is 2.14. The van der Waals surface area contributed by atoms with Crippen molar-refractivity contribution in [1.82, 2.24) is 0 Å². The Hall–Kier alpha value is -1.80. The average Bonchev–Trinajstić information content (AvgIpc) is 2.36. The van der Waals surface area contributed by atoms with Gasteiger partial charge in [-0.2, -0.15) is 0 Å². The van der Waals surface area contributed by atoms with Crippen LogP contribution < -0.4 is 17.2 Å². The molecule has 2 aromatic rings. The van der Waals surface area contributed by atoms with E-state index >= 15 is 0 Å². The number of anilines is 3. The third kappa shape index (κ3) is 4.10. The topological polar surface area (TPSA) is 121 Å². The van der Waals surface area contributed by atoms with Crippen LogP contribution in [0.1, 0.15) is 0 Å². The van der Waals surface area contributed by atoms with Gasteiger partial charge in [0.15, 0.2) is 0 Å². The van der Waals surface area contributed by atoms with Crippen molar-refractivity contribution in [2.24, 2.45) is 0 Å². The van der Waals surface area contributed by atoms with Gasteiger partial charge in [0, 0.05) is 4.47 Å². The van der Waals surface area contributed by atoms with Crippen molar-refractivity contribution in [3.63, 3.8) is 0 Å². The molecule has 0 fully saturated rings. The fraction of sp³-hybridized carbons (Fsp3) is 0. The van der Waals surface area contributed by atoms with E-state index in [1.807, 2.05) is 12.1 Å². The molecule has 106 valence electrons. The summed E-state index contributed by atoms with van der Waals surface area (Å²) in [4.78, 5) is 9.82. The van der Waals surface area contributed by atoms with Crippen molar-refractivity contribution < 1.29 is 4.92 Å². The molecule has 0 aliphatic carbocycles. The molecule has 2 rings (SSSR count). The summed E-state index contributed by atoms with van der Waals surface area (Å²) in [6, 6.07) is 10.2. The number of nitro benzene ring substituents is 1. The lowest BCUT2D eigenvalue weighted by Gasteiger charge is -1.99. The van der Waals surface area contributed by atoms with Crippen LogP contribution in [0.2, 0.25) is 0 Å². The first-order chi connectivity index (χ1) is 9.34. The van der Waals surface area contributed by atoms with Crippen molar-refractivity contribution in [1.29, 1.82) is 0 Å². The van der Waals surface area contributed by atoms with E-state index in [1.54, 1.807) is 18.2 Å². The smallest absolute Gasteiger partial charge is 0.306 e. The van der Waals surface area contributed by atoms with Crippen LogP contribution in [0.3, 0.4) is 0 Å². The van der Waals surface area contributed by atoms with Crippen molar-refractivity contribution in [3.8, 4) is 0 Å². The highest BCUT2D eigenvalue weighted by Crippen LogP contribution is 2.29.